The number of carboxylic acid groups (broad SMARTS) is 2. The number of benzene rings is 1. The largest absolute Gasteiger partial charge is 0.481 e. The summed E-state index contributed by atoms with van der Waals surface area (Å²) >= 11 is 0. The predicted molar refractivity (Wildman–Crippen MR) is 106 cm³/mol. The Morgan fingerprint density at radius 1 is 1.03 bits per heavy atom. The first kappa shape index (κ1) is 24.1. The van der Waals surface area contributed by atoms with Gasteiger partial charge in [0.15, 0.2) is 0 Å². The molecule has 3 rings (SSSR count). The van der Waals surface area contributed by atoms with Crippen molar-refractivity contribution in [2.24, 2.45) is 0 Å². The van der Waals surface area contributed by atoms with E-state index in [4.69, 9.17) is 19.8 Å². The van der Waals surface area contributed by atoms with E-state index in [0.717, 1.165) is 40.0 Å². The molecule has 2 fully saturated rings. The molecule has 2 aliphatic rings. The first-order valence-electron chi connectivity index (χ1n) is 9.41. The molecule has 9 nitrogen and oxygen atoms in total. The van der Waals surface area contributed by atoms with Gasteiger partial charge in [0.2, 0.25) is 11.8 Å². The molecule has 9 heteroatoms. The molecule has 2 saturated heterocycles. The van der Waals surface area contributed by atoms with Crippen molar-refractivity contribution in [1.29, 1.82) is 0 Å². The van der Waals surface area contributed by atoms with Gasteiger partial charge in [0.1, 0.15) is 0 Å². The number of piperazine rings is 1. The summed E-state index contributed by atoms with van der Waals surface area (Å²) in [7, 11) is 0. The van der Waals surface area contributed by atoms with E-state index in [9.17, 15) is 9.59 Å². The summed E-state index contributed by atoms with van der Waals surface area (Å²) in [5.41, 5.74) is 1.18. The van der Waals surface area contributed by atoms with Crippen molar-refractivity contribution in [2.75, 3.05) is 39.3 Å². The second kappa shape index (κ2) is 12.5. The van der Waals surface area contributed by atoms with Crippen molar-refractivity contribution in [3.63, 3.8) is 0 Å². The van der Waals surface area contributed by atoms with Gasteiger partial charge in [-0.05, 0) is 5.56 Å². The summed E-state index contributed by atoms with van der Waals surface area (Å²) in [6, 6.07) is 10.1. The topological polar surface area (TPSA) is 127 Å². The maximum Gasteiger partial charge on any atom is 0.300 e. The van der Waals surface area contributed by atoms with Crippen molar-refractivity contribution in [1.82, 2.24) is 15.1 Å². The number of hydrogen-bond donors (Lipinski definition) is 3. The Hall–Kier alpha value is -2.94. The number of carbonyl (C=O) groups is 4. The van der Waals surface area contributed by atoms with E-state index < -0.39 is 11.9 Å². The summed E-state index contributed by atoms with van der Waals surface area (Å²) in [6.07, 6.45) is 0.513. The van der Waals surface area contributed by atoms with Crippen LogP contribution in [0.2, 0.25) is 0 Å². The monoisotopic (exact) mass is 407 g/mol. The lowest BCUT2D eigenvalue weighted by atomic mass is 9.99. The molecule has 0 aromatic heterocycles. The lowest BCUT2D eigenvalue weighted by Gasteiger charge is -2.29. The van der Waals surface area contributed by atoms with Gasteiger partial charge in [-0.25, -0.2) is 0 Å². The molecule has 0 aliphatic carbocycles. The normalized spacial score (nSPS) is 18.1. The SMILES string of the molecule is CC(=O)O.CC(=O)O.O=C(CN1CC(c2ccccc2)CC1=O)N1CCNCC1. The molecule has 29 heavy (non-hydrogen) atoms. The van der Waals surface area contributed by atoms with E-state index >= 15 is 0 Å². The molecule has 2 heterocycles. The minimum Gasteiger partial charge on any atom is -0.481 e. The minimum atomic E-state index is -0.833. The number of nitrogens with zero attached hydrogens (tertiary/aromatic N) is 2. The standard InChI is InChI=1S/C16H21N3O2.2C2H4O2/c20-15-10-14(13-4-2-1-3-5-13)11-19(15)12-16(21)18-8-6-17-7-9-18;2*1-2(3)4/h1-5,14,17H,6-12H2;2*1H3,(H,3,4). The van der Waals surface area contributed by atoms with Gasteiger partial charge >= 0.3 is 0 Å². The molecular weight excluding hydrogens is 378 g/mol. The van der Waals surface area contributed by atoms with Gasteiger partial charge in [-0.1, -0.05) is 30.3 Å². The van der Waals surface area contributed by atoms with E-state index in [0.29, 0.717) is 13.0 Å². The van der Waals surface area contributed by atoms with Gasteiger partial charge in [-0.2, -0.15) is 0 Å². The van der Waals surface area contributed by atoms with Gasteiger partial charge in [-0.15, -0.1) is 0 Å². The van der Waals surface area contributed by atoms with Crippen LogP contribution in [0.5, 0.6) is 0 Å². The molecule has 2 aliphatic heterocycles. The fourth-order valence-corrected chi connectivity index (χ4v) is 3.05. The Balaban J connectivity index is 0.000000452. The van der Waals surface area contributed by atoms with Gasteiger partial charge in [0.05, 0.1) is 6.54 Å². The highest BCUT2D eigenvalue weighted by Gasteiger charge is 2.32. The zero-order valence-corrected chi connectivity index (χ0v) is 16.8. The Labute approximate surface area is 170 Å². The van der Waals surface area contributed by atoms with Crippen LogP contribution in [0, 0.1) is 0 Å². The molecule has 3 N–H and O–H groups in total. The predicted octanol–water partition coefficient (Wildman–Crippen LogP) is 0.616. The van der Waals surface area contributed by atoms with Crippen molar-refractivity contribution in [3.8, 4) is 0 Å². The molecule has 0 bridgehead atoms. The summed E-state index contributed by atoms with van der Waals surface area (Å²) in [6.45, 7) is 6.20. The molecule has 0 spiro atoms. The Kier molecular flexibility index (Phi) is 10.4. The third-order valence-corrected chi connectivity index (χ3v) is 4.28. The average molecular weight is 407 g/mol. The number of carboxylic acids is 2. The highest BCUT2D eigenvalue weighted by molar-refractivity contribution is 5.86. The van der Waals surface area contributed by atoms with Gasteiger partial charge in [0, 0.05) is 58.9 Å². The number of amides is 2. The molecule has 1 aromatic carbocycles. The molecule has 0 radical (unpaired) electrons. The number of rotatable bonds is 3. The summed E-state index contributed by atoms with van der Waals surface area (Å²) in [4.78, 5) is 45.9. The molecule has 1 unspecified atom stereocenters. The lowest BCUT2D eigenvalue weighted by Crippen LogP contribution is -2.49. The van der Waals surface area contributed by atoms with Gasteiger partial charge in [-0.3, -0.25) is 19.2 Å². The molecule has 2 amide bonds. The van der Waals surface area contributed by atoms with Crippen LogP contribution >= 0.6 is 0 Å². The second-order valence-corrected chi connectivity index (χ2v) is 6.75. The zero-order chi connectivity index (χ0) is 21.8. The van der Waals surface area contributed by atoms with Crippen LogP contribution < -0.4 is 5.32 Å². The van der Waals surface area contributed by atoms with Crippen LogP contribution in [0.1, 0.15) is 31.7 Å². The van der Waals surface area contributed by atoms with Crippen molar-refractivity contribution in [3.05, 3.63) is 35.9 Å². The molecule has 0 saturated carbocycles. The summed E-state index contributed by atoms with van der Waals surface area (Å²) < 4.78 is 0. The van der Waals surface area contributed by atoms with Crippen LogP contribution in [0.15, 0.2) is 30.3 Å². The Bertz CT molecular complexity index is 669. The molecule has 160 valence electrons. The summed E-state index contributed by atoms with van der Waals surface area (Å²) in [5, 5.41) is 18.1. The first-order valence-corrected chi connectivity index (χ1v) is 9.41. The van der Waals surface area contributed by atoms with Crippen LogP contribution in [0.4, 0.5) is 0 Å². The van der Waals surface area contributed by atoms with Crippen molar-refractivity contribution < 1.29 is 29.4 Å². The third kappa shape index (κ3) is 9.70. The number of likely N-dealkylation sites (tertiary alicyclic amines) is 1. The van der Waals surface area contributed by atoms with Crippen LogP contribution in [0.25, 0.3) is 0 Å². The quantitative estimate of drug-likeness (QED) is 0.670. The van der Waals surface area contributed by atoms with Crippen LogP contribution in [0.3, 0.4) is 0 Å². The van der Waals surface area contributed by atoms with Crippen LogP contribution in [-0.2, 0) is 19.2 Å². The number of aliphatic carboxylic acids is 2. The van der Waals surface area contributed by atoms with Crippen molar-refractivity contribution in [2.45, 2.75) is 26.2 Å². The Morgan fingerprint density at radius 2 is 1.55 bits per heavy atom. The maximum absolute atomic E-state index is 12.2. The van der Waals surface area contributed by atoms with E-state index in [-0.39, 0.29) is 24.3 Å². The molecular formula is C20H29N3O6. The molecule has 1 aromatic rings. The van der Waals surface area contributed by atoms with Crippen LogP contribution in [-0.4, -0.2) is 83.0 Å². The highest BCUT2D eigenvalue weighted by atomic mass is 16.4. The Morgan fingerprint density at radius 3 is 2.07 bits per heavy atom. The van der Waals surface area contributed by atoms with Gasteiger partial charge in [0.25, 0.3) is 11.9 Å². The van der Waals surface area contributed by atoms with E-state index in [1.807, 2.05) is 23.1 Å². The highest BCUT2D eigenvalue weighted by Crippen LogP contribution is 2.27. The summed E-state index contributed by atoms with van der Waals surface area (Å²) in [5.74, 6) is -1.29. The van der Waals surface area contributed by atoms with E-state index in [1.54, 1.807) is 4.90 Å². The third-order valence-electron chi connectivity index (χ3n) is 4.28. The fraction of sp³-hybridized carbons (Fsp3) is 0.500. The first-order chi connectivity index (χ1) is 13.7. The average Bonchev–Trinajstić information content (AvgIpc) is 3.03. The minimum absolute atomic E-state index is 0.0681. The van der Waals surface area contributed by atoms with E-state index in [2.05, 4.69) is 17.4 Å². The second-order valence-electron chi connectivity index (χ2n) is 6.75. The number of hydrogen-bond acceptors (Lipinski definition) is 5. The van der Waals surface area contributed by atoms with E-state index in [1.165, 1.54) is 5.56 Å². The lowest BCUT2D eigenvalue weighted by molar-refractivity contribution is -0.138. The number of nitrogens with one attached hydrogen (secondary N) is 1. The number of carbonyl (C=O) groups excluding carboxylic acids is 2. The maximum atomic E-state index is 12.2. The van der Waals surface area contributed by atoms with Gasteiger partial charge < -0.3 is 25.3 Å². The zero-order valence-electron chi connectivity index (χ0n) is 16.8. The fourth-order valence-electron chi connectivity index (χ4n) is 3.05. The smallest absolute Gasteiger partial charge is 0.300 e. The van der Waals surface area contributed by atoms with Crippen molar-refractivity contribution >= 4 is 23.8 Å². The molecule has 1 atom stereocenters.